The summed E-state index contributed by atoms with van der Waals surface area (Å²) >= 11 is 0. The van der Waals surface area contributed by atoms with E-state index in [0.717, 1.165) is 37.5 Å². The van der Waals surface area contributed by atoms with E-state index in [0.29, 0.717) is 24.1 Å². The van der Waals surface area contributed by atoms with Gasteiger partial charge in [-0.3, -0.25) is 4.79 Å². The van der Waals surface area contributed by atoms with Crippen LogP contribution < -0.4 is 4.74 Å². The first-order chi connectivity index (χ1) is 16.3. The first-order valence-electron chi connectivity index (χ1n) is 10.9. The van der Waals surface area contributed by atoms with E-state index in [4.69, 9.17) is 4.74 Å². The number of alkyl halides is 3. The third-order valence-electron chi connectivity index (χ3n) is 6.34. The van der Waals surface area contributed by atoms with Gasteiger partial charge in [0.05, 0.1) is 29.6 Å². The minimum absolute atomic E-state index is 0.0954. The van der Waals surface area contributed by atoms with Crippen LogP contribution in [0.5, 0.6) is 5.88 Å². The molecule has 34 heavy (non-hydrogen) atoms. The van der Waals surface area contributed by atoms with Crippen LogP contribution in [0.1, 0.15) is 35.2 Å². The van der Waals surface area contributed by atoms with Gasteiger partial charge in [-0.2, -0.15) is 13.2 Å². The molecule has 0 spiro atoms. The number of carbonyl (C=O) groups is 1. The van der Waals surface area contributed by atoms with Crippen molar-refractivity contribution < 1.29 is 27.1 Å². The van der Waals surface area contributed by atoms with Gasteiger partial charge < -0.3 is 9.64 Å². The molecule has 0 N–H and O–H groups in total. The molecule has 2 aromatic heterocycles. The topological polar surface area (TPSA) is 68.2 Å². The number of fused-ring (bicyclic) bond motifs is 3. The summed E-state index contributed by atoms with van der Waals surface area (Å²) < 4.78 is 57.7. The highest BCUT2D eigenvalue weighted by atomic mass is 19.4. The lowest BCUT2D eigenvalue weighted by Crippen LogP contribution is -2.59. The van der Waals surface area contributed by atoms with Gasteiger partial charge in [0, 0.05) is 24.4 Å². The van der Waals surface area contributed by atoms with Crippen molar-refractivity contribution in [2.75, 3.05) is 6.54 Å². The maximum atomic E-state index is 13.6. The average Bonchev–Trinajstić information content (AvgIpc) is 2.84. The zero-order valence-corrected chi connectivity index (χ0v) is 17.9. The first-order valence-corrected chi connectivity index (χ1v) is 10.9. The SMILES string of the molecule is O=C(c1ccccc1-c1ncc(F)cn1)N1CC2CCC1[C@@H](Oc1ccc(C(F)(F)F)cn1)C2. The minimum Gasteiger partial charge on any atom is -0.472 e. The molecule has 2 bridgehead atoms. The molecule has 10 heteroatoms. The fourth-order valence-corrected chi connectivity index (χ4v) is 4.74. The van der Waals surface area contributed by atoms with Gasteiger partial charge in [-0.1, -0.05) is 18.2 Å². The lowest BCUT2D eigenvalue weighted by atomic mass is 9.77. The number of carbonyl (C=O) groups excluding carboxylic acids is 1. The van der Waals surface area contributed by atoms with Crippen LogP contribution in [-0.2, 0) is 6.18 Å². The Bertz CT molecular complexity index is 1180. The van der Waals surface area contributed by atoms with Crippen LogP contribution >= 0.6 is 0 Å². The summed E-state index contributed by atoms with van der Waals surface area (Å²) in [5.74, 6) is -0.236. The number of hydrogen-bond donors (Lipinski definition) is 0. The van der Waals surface area contributed by atoms with Crippen LogP contribution in [0.2, 0.25) is 0 Å². The van der Waals surface area contributed by atoms with E-state index in [-0.39, 0.29) is 35.7 Å². The molecule has 0 radical (unpaired) electrons. The average molecular weight is 472 g/mol. The molecule has 6 rings (SSSR count). The highest BCUT2D eigenvalue weighted by Crippen LogP contribution is 2.39. The van der Waals surface area contributed by atoms with Gasteiger partial charge in [-0.15, -0.1) is 0 Å². The van der Waals surface area contributed by atoms with Crippen LogP contribution in [0.25, 0.3) is 11.4 Å². The molecular weight excluding hydrogens is 452 g/mol. The smallest absolute Gasteiger partial charge is 0.417 e. The monoisotopic (exact) mass is 472 g/mol. The number of aromatic nitrogens is 3. The Morgan fingerprint density at radius 2 is 1.76 bits per heavy atom. The molecule has 1 aromatic carbocycles. The standard InChI is InChI=1S/C24H20F4N4O2/c25-16-11-30-22(31-12-16)17-3-1-2-4-18(17)23(33)32-13-14-5-7-19(32)20(9-14)34-21-8-6-15(10-29-21)24(26,27)28/h1-4,6,8,10-12,14,19-20H,5,7,9,13H2/t14?,19?,20-/m0/s1. The van der Waals surface area contributed by atoms with E-state index < -0.39 is 17.6 Å². The normalized spacial score (nSPS) is 22.0. The second-order valence-corrected chi connectivity index (χ2v) is 8.51. The predicted molar refractivity (Wildman–Crippen MR) is 113 cm³/mol. The second-order valence-electron chi connectivity index (χ2n) is 8.51. The Kier molecular flexibility index (Phi) is 5.66. The summed E-state index contributed by atoms with van der Waals surface area (Å²) in [7, 11) is 0. The van der Waals surface area contributed by atoms with Crippen LogP contribution in [0, 0.1) is 11.7 Å². The zero-order valence-electron chi connectivity index (χ0n) is 17.9. The lowest BCUT2D eigenvalue weighted by molar-refractivity contribution is -0.137. The van der Waals surface area contributed by atoms with E-state index in [1.54, 1.807) is 29.2 Å². The summed E-state index contributed by atoms with van der Waals surface area (Å²) in [6, 6.07) is 8.78. The largest absolute Gasteiger partial charge is 0.472 e. The second kappa shape index (κ2) is 8.66. The third kappa shape index (κ3) is 4.32. The highest BCUT2D eigenvalue weighted by Gasteiger charge is 2.45. The molecule has 2 aliphatic heterocycles. The van der Waals surface area contributed by atoms with Gasteiger partial charge >= 0.3 is 6.18 Å². The molecule has 2 saturated heterocycles. The Labute approximate surface area is 192 Å². The Morgan fingerprint density at radius 1 is 1.00 bits per heavy atom. The summed E-state index contributed by atoms with van der Waals surface area (Å²) in [5, 5.41) is 0. The van der Waals surface area contributed by atoms with Crippen molar-refractivity contribution in [2.24, 2.45) is 5.92 Å². The molecule has 1 aliphatic carbocycles. The fourth-order valence-electron chi connectivity index (χ4n) is 4.74. The van der Waals surface area contributed by atoms with E-state index in [9.17, 15) is 22.4 Å². The Balaban J connectivity index is 1.38. The van der Waals surface area contributed by atoms with Crippen molar-refractivity contribution in [3.8, 4) is 17.3 Å². The van der Waals surface area contributed by atoms with Gasteiger partial charge in [0.1, 0.15) is 6.10 Å². The highest BCUT2D eigenvalue weighted by molar-refractivity contribution is 6.00. The van der Waals surface area contributed by atoms with Gasteiger partial charge in [0.15, 0.2) is 11.6 Å². The quantitative estimate of drug-likeness (QED) is 0.512. The number of halogens is 4. The number of ether oxygens (including phenoxy) is 1. The molecule has 1 saturated carbocycles. The van der Waals surface area contributed by atoms with Crippen molar-refractivity contribution >= 4 is 5.91 Å². The van der Waals surface area contributed by atoms with Crippen molar-refractivity contribution in [2.45, 2.75) is 37.6 Å². The summed E-state index contributed by atoms with van der Waals surface area (Å²) in [6.07, 6.45) is 0.350. The van der Waals surface area contributed by atoms with Gasteiger partial charge in [-0.05, 0) is 37.3 Å². The summed E-state index contributed by atoms with van der Waals surface area (Å²) in [4.78, 5) is 27.2. The number of benzene rings is 1. The number of hydrogen-bond acceptors (Lipinski definition) is 5. The number of amides is 1. The Hall–Kier alpha value is -3.56. The third-order valence-corrected chi connectivity index (χ3v) is 6.34. The maximum Gasteiger partial charge on any atom is 0.417 e. The molecule has 176 valence electrons. The molecular formula is C24H20F4N4O2. The summed E-state index contributed by atoms with van der Waals surface area (Å²) in [6.45, 7) is 0.558. The van der Waals surface area contributed by atoms with Gasteiger partial charge in [0.25, 0.3) is 5.91 Å². The number of rotatable bonds is 4. The molecule has 2 unspecified atom stereocenters. The molecule has 4 heterocycles. The van der Waals surface area contributed by atoms with Gasteiger partial charge in [0.2, 0.25) is 5.88 Å². The molecule has 6 nitrogen and oxygen atoms in total. The fraction of sp³-hybridized carbons (Fsp3) is 0.333. The predicted octanol–water partition coefficient (Wildman–Crippen LogP) is 4.77. The molecule has 3 aromatic rings. The van der Waals surface area contributed by atoms with Crippen LogP contribution in [0.15, 0.2) is 55.0 Å². The number of nitrogens with zero attached hydrogens (tertiary/aromatic N) is 4. The molecule has 3 fully saturated rings. The molecule has 3 aliphatic rings. The maximum absolute atomic E-state index is 13.6. The number of pyridine rings is 1. The van der Waals surface area contributed by atoms with Crippen LogP contribution in [0.3, 0.4) is 0 Å². The van der Waals surface area contributed by atoms with Crippen molar-refractivity contribution in [1.29, 1.82) is 0 Å². The molecule has 3 atom stereocenters. The minimum atomic E-state index is -4.47. The Morgan fingerprint density at radius 3 is 2.44 bits per heavy atom. The van der Waals surface area contributed by atoms with Crippen LogP contribution in [0.4, 0.5) is 17.6 Å². The van der Waals surface area contributed by atoms with Crippen molar-refractivity contribution in [3.63, 3.8) is 0 Å². The number of piperidine rings is 2. The zero-order chi connectivity index (χ0) is 23.9. The lowest BCUT2D eigenvalue weighted by Gasteiger charge is -2.49. The first kappa shape index (κ1) is 22.2. The van der Waals surface area contributed by atoms with Crippen LogP contribution in [-0.4, -0.2) is 44.4 Å². The van der Waals surface area contributed by atoms with Crippen molar-refractivity contribution in [1.82, 2.24) is 19.9 Å². The summed E-state index contributed by atoms with van der Waals surface area (Å²) in [5.41, 5.74) is 0.0466. The molecule has 1 amide bonds. The van der Waals surface area contributed by atoms with Crippen molar-refractivity contribution in [3.05, 3.63) is 71.9 Å². The van der Waals surface area contributed by atoms with Gasteiger partial charge in [-0.25, -0.2) is 19.3 Å². The van der Waals surface area contributed by atoms with E-state index in [1.807, 2.05) is 0 Å². The van der Waals surface area contributed by atoms with E-state index in [1.165, 1.54) is 6.07 Å². The van der Waals surface area contributed by atoms with E-state index >= 15 is 0 Å². The van der Waals surface area contributed by atoms with E-state index in [2.05, 4.69) is 15.0 Å².